The zero-order chi connectivity index (χ0) is 32.2. The Bertz CT molecular complexity index is 2090. The molecule has 4 heterocycles. The number of nitrogens with zero attached hydrogens (tertiary/aromatic N) is 4. The van der Waals surface area contributed by atoms with E-state index in [1.165, 1.54) is 25.7 Å². The molecule has 8 rings (SSSR count). The van der Waals surface area contributed by atoms with Crippen molar-refractivity contribution in [2.75, 3.05) is 16.8 Å². The molecule has 0 aliphatic carbocycles. The summed E-state index contributed by atoms with van der Waals surface area (Å²) in [6.45, 7) is 8.83. The first-order valence-electron chi connectivity index (χ1n) is 15.7. The molecule has 2 aliphatic heterocycles. The van der Waals surface area contributed by atoms with Gasteiger partial charge in [0.2, 0.25) is 0 Å². The van der Waals surface area contributed by atoms with Crippen LogP contribution in [0.5, 0.6) is 11.6 Å². The van der Waals surface area contributed by atoms with Gasteiger partial charge in [-0.2, -0.15) is 41.8 Å². The van der Waals surface area contributed by atoms with E-state index in [-0.39, 0.29) is 26.5 Å². The van der Waals surface area contributed by atoms with Gasteiger partial charge in [0, 0.05) is 59.5 Å². The van der Waals surface area contributed by atoms with E-state index >= 15 is 0 Å². The van der Waals surface area contributed by atoms with E-state index in [1.54, 1.807) is 6.20 Å². The molecule has 0 radical (unpaired) electrons. The van der Waals surface area contributed by atoms with Crippen LogP contribution in [0, 0.1) is 18.8 Å². The van der Waals surface area contributed by atoms with Crippen molar-refractivity contribution in [2.24, 2.45) is 0 Å². The van der Waals surface area contributed by atoms with E-state index in [4.69, 9.17) is 9.72 Å². The summed E-state index contributed by atoms with van der Waals surface area (Å²) in [5, 5.41) is 4.82. The first kappa shape index (κ1) is 32.4. The van der Waals surface area contributed by atoms with Crippen LogP contribution in [0.1, 0.15) is 26.3 Å². The number of para-hydroxylation sites is 2. The average molecular weight is 841 g/mol. The van der Waals surface area contributed by atoms with Gasteiger partial charge in [-0.15, -0.1) is 12.1 Å². The van der Waals surface area contributed by atoms with Crippen LogP contribution in [-0.2, 0) is 26.5 Å². The first-order valence-corrected chi connectivity index (χ1v) is 18.5. The van der Waals surface area contributed by atoms with Gasteiger partial charge in [-0.25, -0.2) is 0 Å². The summed E-state index contributed by atoms with van der Waals surface area (Å²) in [4.78, 5) is 16.5. The van der Waals surface area contributed by atoms with E-state index in [9.17, 15) is 0 Å². The molecule has 0 bridgehead atoms. The number of benzene rings is 4. The minimum Gasteiger partial charge on any atom is -0.504 e. The first-order chi connectivity index (χ1) is 22.8. The smallest absolute Gasteiger partial charge is 0.180 e. The molecule has 0 fully saturated rings. The van der Waals surface area contributed by atoms with Crippen LogP contribution in [0.4, 0.5) is 17.1 Å². The van der Waals surface area contributed by atoms with Crippen LogP contribution < -0.4 is 35.4 Å². The fourth-order valence-electron chi connectivity index (χ4n) is 6.64. The van der Waals surface area contributed by atoms with Crippen molar-refractivity contribution in [3.05, 3.63) is 146 Å². The van der Waals surface area contributed by atoms with Crippen LogP contribution in [0.3, 0.4) is 0 Å². The molecule has 0 spiro atoms. The van der Waals surface area contributed by atoms with Crippen molar-refractivity contribution in [3.8, 4) is 11.6 Å². The Labute approximate surface area is 302 Å². The average Bonchev–Trinajstić information content (AvgIpc) is 3.43. The Morgan fingerprint density at radius 3 is 2.15 bits per heavy atom. The second-order valence-corrected chi connectivity index (χ2v) is 17.6. The van der Waals surface area contributed by atoms with Crippen LogP contribution >= 0.6 is 11.8 Å². The zero-order valence-electron chi connectivity index (χ0n) is 27.0. The second kappa shape index (κ2) is 12.7. The molecule has 0 amide bonds. The fourth-order valence-corrected chi connectivity index (χ4v) is 13.3. The quantitative estimate of drug-likeness (QED) is 0.142. The minimum atomic E-state index is -2.93. The number of pyridine rings is 2. The number of fused-ring (bicyclic) bond motifs is 3. The number of hydrogen-bond donors (Lipinski definition) is 0. The number of anilines is 3. The molecule has 0 N–H and O–H groups in total. The number of ether oxygens (including phenoxy) is 1. The van der Waals surface area contributed by atoms with Crippen molar-refractivity contribution in [2.45, 2.75) is 36.0 Å². The minimum absolute atomic E-state index is 0. The third-order valence-corrected chi connectivity index (χ3v) is 15.1. The predicted molar refractivity (Wildman–Crippen MR) is 194 cm³/mol. The van der Waals surface area contributed by atoms with Gasteiger partial charge < -0.3 is 14.5 Å². The van der Waals surface area contributed by atoms with E-state index in [2.05, 4.69) is 139 Å². The summed E-state index contributed by atoms with van der Waals surface area (Å²) < 4.78 is 6.48. The summed E-state index contributed by atoms with van der Waals surface area (Å²) in [5.74, 6) is 0.985. The van der Waals surface area contributed by atoms with Crippen molar-refractivity contribution >= 4 is 57.8 Å². The van der Waals surface area contributed by atoms with E-state index in [0.717, 1.165) is 27.6 Å². The molecule has 6 aromatic rings. The summed E-state index contributed by atoms with van der Waals surface area (Å²) in [5.41, 5.74) is 4.30. The van der Waals surface area contributed by atoms with Gasteiger partial charge in [0.05, 0.1) is 0 Å². The summed E-state index contributed by atoms with van der Waals surface area (Å²) in [7, 11) is -0.886. The molecule has 0 saturated carbocycles. The molecule has 0 atom stereocenters. The SMILES string of the molecule is CN1[CH-]N(c2[c-]c(Oc3[c-]c([Si]4(c5cc(C(C)(C)C)ccn5)c5ccccc5Sc5ccccc54)ccc3)ncc2)c2ccccc21.[Pt]. The maximum atomic E-state index is 6.48. The summed E-state index contributed by atoms with van der Waals surface area (Å²) in [6.07, 6.45) is 3.75. The maximum Gasteiger partial charge on any atom is 0.180 e. The van der Waals surface area contributed by atoms with Crippen molar-refractivity contribution in [3.63, 3.8) is 0 Å². The molecule has 0 saturated heterocycles. The van der Waals surface area contributed by atoms with Crippen LogP contribution in [0.15, 0.2) is 131 Å². The standard InChI is InChI=1S/C40H33N4OSSi.Pt/c1-40(2,3)28-20-22-42-39(24-28)47(36-18-9-7-16-34(36)46-35-17-8-10-19-37(35)47)31-13-11-12-30(26-31)45-38-25-29(21-23-41-38)44-27-43(4)32-14-5-6-15-33(32)44;/h5-24,27H,1-4H3;/q-3;. The van der Waals surface area contributed by atoms with E-state index in [1.807, 2.05) is 49.3 Å². The Morgan fingerprint density at radius 2 is 1.42 bits per heavy atom. The molecule has 0 unspecified atom stereocenters. The molecule has 4 aromatic carbocycles. The molecule has 2 aliphatic rings. The molecule has 48 heavy (non-hydrogen) atoms. The molecule has 8 heteroatoms. The van der Waals surface area contributed by atoms with Gasteiger partial charge in [-0.3, -0.25) is 9.97 Å². The van der Waals surface area contributed by atoms with E-state index in [0.29, 0.717) is 11.6 Å². The van der Waals surface area contributed by atoms with Crippen molar-refractivity contribution in [1.29, 1.82) is 0 Å². The Morgan fingerprint density at radius 1 is 0.750 bits per heavy atom. The molecule has 2 aromatic heterocycles. The normalized spacial score (nSPS) is 14.4. The van der Waals surface area contributed by atoms with Gasteiger partial charge in [0.15, 0.2) is 8.07 Å². The van der Waals surface area contributed by atoms with Crippen molar-refractivity contribution in [1.82, 2.24) is 9.97 Å². The third kappa shape index (κ3) is 5.48. The maximum absolute atomic E-state index is 6.48. The topological polar surface area (TPSA) is 41.5 Å². The van der Waals surface area contributed by atoms with Gasteiger partial charge in [0.1, 0.15) is 5.88 Å². The molecular formula is C40H33N4OPtSSi-3. The fraction of sp³-hybridized carbons (Fsp3) is 0.125. The molecule has 5 nitrogen and oxygen atoms in total. The third-order valence-electron chi connectivity index (χ3n) is 8.92. The van der Waals surface area contributed by atoms with Crippen LogP contribution in [-0.4, -0.2) is 25.1 Å². The number of aromatic nitrogens is 2. The van der Waals surface area contributed by atoms with Gasteiger partial charge in [0.25, 0.3) is 0 Å². The van der Waals surface area contributed by atoms with Gasteiger partial charge in [-0.1, -0.05) is 81.1 Å². The second-order valence-electron chi connectivity index (χ2n) is 12.9. The van der Waals surface area contributed by atoms with E-state index < -0.39 is 8.07 Å². The zero-order valence-corrected chi connectivity index (χ0v) is 31.1. The molecule has 242 valence electrons. The predicted octanol–water partition coefficient (Wildman–Crippen LogP) is 6.71. The number of rotatable bonds is 5. The molecular weight excluding hydrogens is 808 g/mol. The Kier molecular flexibility index (Phi) is 8.57. The summed E-state index contributed by atoms with van der Waals surface area (Å²) >= 11 is 1.84. The monoisotopic (exact) mass is 840 g/mol. The number of hydrogen-bond acceptors (Lipinski definition) is 6. The van der Waals surface area contributed by atoms with Gasteiger partial charge >= 0.3 is 0 Å². The summed E-state index contributed by atoms with van der Waals surface area (Å²) in [6, 6.07) is 45.7. The Hall–Kier alpha value is -4.16. The van der Waals surface area contributed by atoms with Gasteiger partial charge in [-0.05, 0) is 71.0 Å². The van der Waals surface area contributed by atoms with Crippen LogP contribution in [0.25, 0.3) is 0 Å². The van der Waals surface area contributed by atoms with Crippen molar-refractivity contribution < 1.29 is 25.8 Å². The largest absolute Gasteiger partial charge is 0.504 e. The van der Waals surface area contributed by atoms with Crippen LogP contribution in [0.2, 0.25) is 0 Å². The Balaban J connectivity index is 0.00000364.